The summed E-state index contributed by atoms with van der Waals surface area (Å²) in [5.41, 5.74) is 0. The van der Waals surface area contributed by atoms with Gasteiger partial charge in [-0.25, -0.2) is 0 Å². The minimum absolute atomic E-state index is 0.884. The van der Waals surface area contributed by atoms with Crippen molar-refractivity contribution in [1.82, 2.24) is 0 Å². The molecule has 0 N–H and O–H groups in total. The van der Waals surface area contributed by atoms with E-state index < -0.39 is 0 Å². The summed E-state index contributed by atoms with van der Waals surface area (Å²) in [7, 11) is 0. The Morgan fingerprint density at radius 1 is 0.875 bits per heavy atom. The summed E-state index contributed by atoms with van der Waals surface area (Å²) in [6.07, 6.45) is 11.9. The van der Waals surface area contributed by atoms with Crippen LogP contribution >= 0.6 is 0 Å². The highest BCUT2D eigenvalue weighted by molar-refractivity contribution is 5.14. The van der Waals surface area contributed by atoms with Crippen LogP contribution in [0.4, 0.5) is 0 Å². The van der Waals surface area contributed by atoms with E-state index in [-0.39, 0.29) is 0 Å². The summed E-state index contributed by atoms with van der Waals surface area (Å²) >= 11 is 0. The van der Waals surface area contributed by atoms with E-state index in [0.717, 1.165) is 11.8 Å². The zero-order chi connectivity index (χ0) is 5.40. The monoisotopic (exact) mass is 106 g/mol. The topological polar surface area (TPSA) is 0 Å². The highest BCUT2D eigenvalue weighted by Gasteiger charge is 2.22. The highest BCUT2D eigenvalue weighted by atomic mass is 14.3. The fraction of sp³-hybridized carbons (Fsp3) is 0.500. The highest BCUT2D eigenvalue weighted by Crippen LogP contribution is 2.33. The lowest BCUT2D eigenvalue weighted by atomic mass is 10.0. The first-order valence-electron chi connectivity index (χ1n) is 3.30. The first-order chi connectivity index (χ1) is 3.97. The van der Waals surface area contributed by atoms with E-state index in [1.165, 1.54) is 12.8 Å². The Bertz CT molecular complexity index is 124. The normalized spacial score (nSPS) is 41.0. The van der Waals surface area contributed by atoms with Crippen LogP contribution in [-0.4, -0.2) is 0 Å². The summed E-state index contributed by atoms with van der Waals surface area (Å²) in [5.74, 6) is 1.77. The van der Waals surface area contributed by atoms with Crippen LogP contribution in [-0.2, 0) is 0 Å². The van der Waals surface area contributed by atoms with Gasteiger partial charge < -0.3 is 0 Å². The van der Waals surface area contributed by atoms with Gasteiger partial charge >= 0.3 is 0 Å². The van der Waals surface area contributed by atoms with Crippen molar-refractivity contribution in [2.75, 3.05) is 0 Å². The molecule has 8 heavy (non-hydrogen) atoms. The van der Waals surface area contributed by atoms with Gasteiger partial charge in [-0.05, 0) is 24.7 Å². The molecule has 2 atom stereocenters. The van der Waals surface area contributed by atoms with Gasteiger partial charge in [0.15, 0.2) is 0 Å². The molecule has 0 aromatic heterocycles. The third kappa shape index (κ3) is 0.459. The van der Waals surface area contributed by atoms with Crippen LogP contribution in [0, 0.1) is 11.8 Å². The van der Waals surface area contributed by atoms with E-state index in [1.807, 2.05) is 0 Å². The lowest BCUT2D eigenvalue weighted by Crippen LogP contribution is -1.96. The molecular weight excluding hydrogens is 96.1 g/mol. The van der Waals surface area contributed by atoms with Gasteiger partial charge in [-0.2, -0.15) is 0 Å². The van der Waals surface area contributed by atoms with Crippen LogP contribution in [0.5, 0.6) is 0 Å². The molecular formula is C8H10. The maximum absolute atomic E-state index is 2.35. The molecule has 0 aromatic rings. The molecule has 0 heterocycles. The Morgan fingerprint density at radius 2 is 1.38 bits per heavy atom. The lowest BCUT2D eigenvalue weighted by molar-refractivity contribution is 0.551. The number of fused-ring (bicyclic) bond motifs is 1. The van der Waals surface area contributed by atoms with Crippen molar-refractivity contribution in [1.29, 1.82) is 0 Å². The molecule has 2 rings (SSSR count). The molecule has 0 aliphatic heterocycles. The van der Waals surface area contributed by atoms with Crippen molar-refractivity contribution < 1.29 is 0 Å². The van der Waals surface area contributed by atoms with Crippen molar-refractivity contribution in [3.63, 3.8) is 0 Å². The van der Waals surface area contributed by atoms with Crippen LogP contribution in [0.2, 0.25) is 0 Å². The third-order valence-corrected chi connectivity index (χ3v) is 2.13. The number of allylic oxidation sites excluding steroid dienone is 4. The lowest BCUT2D eigenvalue weighted by Gasteiger charge is -2.04. The number of hydrogen-bond acceptors (Lipinski definition) is 0. The maximum atomic E-state index is 2.35. The fourth-order valence-corrected chi connectivity index (χ4v) is 1.61. The molecule has 0 unspecified atom stereocenters. The molecule has 42 valence electrons. The van der Waals surface area contributed by atoms with Gasteiger partial charge in [0.2, 0.25) is 0 Å². The predicted molar refractivity (Wildman–Crippen MR) is 34.5 cm³/mol. The summed E-state index contributed by atoms with van der Waals surface area (Å²) in [5, 5.41) is 0. The van der Waals surface area contributed by atoms with E-state index >= 15 is 0 Å². The van der Waals surface area contributed by atoms with Crippen molar-refractivity contribution in [3.05, 3.63) is 24.3 Å². The SMILES string of the molecule is C1=C[C@H]2CC=C[C@H]2C1. The molecule has 0 bridgehead atoms. The zero-order valence-corrected chi connectivity index (χ0v) is 4.88. The molecule has 0 saturated carbocycles. The van der Waals surface area contributed by atoms with E-state index in [4.69, 9.17) is 0 Å². The second-order valence-corrected chi connectivity index (χ2v) is 2.66. The molecule has 2 aliphatic rings. The molecule has 2 aliphatic carbocycles. The Hall–Kier alpha value is -0.520. The summed E-state index contributed by atoms with van der Waals surface area (Å²) < 4.78 is 0. The van der Waals surface area contributed by atoms with Crippen LogP contribution < -0.4 is 0 Å². The van der Waals surface area contributed by atoms with Crippen LogP contribution in [0.3, 0.4) is 0 Å². The Kier molecular flexibility index (Phi) is 0.806. The van der Waals surface area contributed by atoms with Crippen molar-refractivity contribution in [2.24, 2.45) is 11.8 Å². The van der Waals surface area contributed by atoms with E-state index in [1.54, 1.807) is 0 Å². The van der Waals surface area contributed by atoms with Crippen LogP contribution in [0.1, 0.15) is 12.8 Å². The molecule has 0 radical (unpaired) electrons. The average molecular weight is 106 g/mol. The average Bonchev–Trinajstić information content (AvgIpc) is 2.15. The predicted octanol–water partition coefficient (Wildman–Crippen LogP) is 2.14. The summed E-state index contributed by atoms with van der Waals surface area (Å²) in [6, 6.07) is 0. The van der Waals surface area contributed by atoms with E-state index in [2.05, 4.69) is 24.3 Å². The van der Waals surface area contributed by atoms with Gasteiger partial charge in [0.25, 0.3) is 0 Å². The van der Waals surface area contributed by atoms with Crippen LogP contribution in [0.25, 0.3) is 0 Å². The first-order valence-corrected chi connectivity index (χ1v) is 3.30. The number of rotatable bonds is 0. The standard InChI is InChI=1S/C8H10/c1-3-7-5-2-6-8(7)4-1/h1-3,6-8H,4-5H2/t7-,8+/m0/s1. The van der Waals surface area contributed by atoms with Crippen LogP contribution in [0.15, 0.2) is 24.3 Å². The molecule has 0 aromatic carbocycles. The number of hydrogen-bond donors (Lipinski definition) is 0. The second-order valence-electron chi connectivity index (χ2n) is 2.66. The summed E-state index contributed by atoms with van der Waals surface area (Å²) in [6.45, 7) is 0. The molecule has 0 saturated heterocycles. The van der Waals surface area contributed by atoms with Crippen molar-refractivity contribution in [2.45, 2.75) is 12.8 Å². The molecule has 0 spiro atoms. The van der Waals surface area contributed by atoms with Gasteiger partial charge in [0.05, 0.1) is 0 Å². The van der Waals surface area contributed by atoms with Crippen molar-refractivity contribution in [3.8, 4) is 0 Å². The quantitative estimate of drug-likeness (QED) is 0.415. The maximum Gasteiger partial charge on any atom is -0.0133 e. The molecule has 0 heteroatoms. The van der Waals surface area contributed by atoms with Gasteiger partial charge in [0, 0.05) is 0 Å². The minimum Gasteiger partial charge on any atom is -0.0876 e. The Morgan fingerprint density at radius 3 is 1.88 bits per heavy atom. The van der Waals surface area contributed by atoms with Gasteiger partial charge in [-0.1, -0.05) is 24.3 Å². The first kappa shape index (κ1) is 4.37. The van der Waals surface area contributed by atoms with Gasteiger partial charge in [0.1, 0.15) is 0 Å². The zero-order valence-electron chi connectivity index (χ0n) is 4.88. The molecule has 0 fully saturated rings. The molecule has 0 amide bonds. The molecule has 0 nitrogen and oxygen atoms in total. The fourth-order valence-electron chi connectivity index (χ4n) is 1.61. The van der Waals surface area contributed by atoms with E-state index in [0.29, 0.717) is 0 Å². The second kappa shape index (κ2) is 1.48. The Balaban J connectivity index is 2.20. The minimum atomic E-state index is 0.884. The summed E-state index contributed by atoms with van der Waals surface area (Å²) in [4.78, 5) is 0. The van der Waals surface area contributed by atoms with Crippen molar-refractivity contribution >= 4 is 0 Å². The smallest absolute Gasteiger partial charge is 0.0133 e. The van der Waals surface area contributed by atoms with Gasteiger partial charge in [-0.3, -0.25) is 0 Å². The Labute approximate surface area is 49.9 Å². The third-order valence-electron chi connectivity index (χ3n) is 2.13. The van der Waals surface area contributed by atoms with Gasteiger partial charge in [-0.15, -0.1) is 0 Å². The van der Waals surface area contributed by atoms with E-state index in [9.17, 15) is 0 Å². The largest absolute Gasteiger partial charge is 0.0876 e.